The number of nitrogens with zero attached hydrogens (tertiary/aromatic N) is 1. The molecule has 4 aliphatic carbocycles. The Bertz CT molecular complexity index is 596. The van der Waals surface area contributed by atoms with Gasteiger partial charge in [-0.2, -0.15) is 0 Å². The Morgan fingerprint density at radius 1 is 1.08 bits per heavy atom. The summed E-state index contributed by atoms with van der Waals surface area (Å²) in [6, 6.07) is 0. The summed E-state index contributed by atoms with van der Waals surface area (Å²) in [6.45, 7) is 2.34. The fourth-order valence-electron chi connectivity index (χ4n) is 6.54. The fraction of sp³-hybridized carbons (Fsp3) is 0.850. The molecular weight excluding hydrogens is 332 g/mol. The highest BCUT2D eigenvalue weighted by Crippen LogP contribution is 2.61. The molecule has 6 heteroatoms. The molecule has 0 aromatic heterocycles. The zero-order chi connectivity index (χ0) is 18.5. The van der Waals surface area contributed by atoms with Gasteiger partial charge in [0.2, 0.25) is 11.8 Å². The van der Waals surface area contributed by atoms with E-state index >= 15 is 0 Å². The molecule has 0 aromatic carbocycles. The van der Waals surface area contributed by atoms with E-state index in [2.05, 4.69) is 5.32 Å². The molecule has 4 saturated carbocycles. The van der Waals surface area contributed by atoms with Crippen LogP contribution in [0.2, 0.25) is 0 Å². The molecule has 2 N–H and O–H groups in total. The van der Waals surface area contributed by atoms with E-state index in [-0.39, 0.29) is 30.3 Å². The Morgan fingerprint density at radius 3 is 2.15 bits per heavy atom. The standard InChI is InChI=1S/C20H30N2O4/c1-19(18(25)26)2-3-22(12-19)17(24)11-21-16(23)10-20-7-13-4-14(8-20)6-15(5-13)9-20/h13-15H,2-12H2,1H3,(H,21,23)(H,25,26). The Hall–Kier alpha value is -1.59. The smallest absolute Gasteiger partial charge is 0.311 e. The molecule has 26 heavy (non-hydrogen) atoms. The molecule has 1 aliphatic heterocycles. The van der Waals surface area contributed by atoms with Crippen LogP contribution in [0.5, 0.6) is 0 Å². The van der Waals surface area contributed by atoms with Gasteiger partial charge < -0.3 is 15.3 Å². The van der Waals surface area contributed by atoms with Crippen LogP contribution in [0, 0.1) is 28.6 Å². The molecule has 5 aliphatic rings. The molecule has 5 rings (SSSR count). The number of likely N-dealkylation sites (tertiary alicyclic amines) is 1. The van der Waals surface area contributed by atoms with Gasteiger partial charge in [-0.1, -0.05) is 0 Å². The van der Waals surface area contributed by atoms with Gasteiger partial charge in [-0.05, 0) is 75.0 Å². The largest absolute Gasteiger partial charge is 0.481 e. The van der Waals surface area contributed by atoms with Gasteiger partial charge in [0.15, 0.2) is 0 Å². The number of nitrogens with one attached hydrogen (secondary N) is 1. The summed E-state index contributed by atoms with van der Waals surface area (Å²) in [7, 11) is 0. The van der Waals surface area contributed by atoms with E-state index in [9.17, 15) is 19.5 Å². The lowest BCUT2D eigenvalue weighted by atomic mass is 9.49. The summed E-state index contributed by atoms with van der Waals surface area (Å²) in [5, 5.41) is 12.1. The van der Waals surface area contributed by atoms with Gasteiger partial charge in [0.05, 0.1) is 12.0 Å². The Labute approximate surface area is 154 Å². The zero-order valence-corrected chi connectivity index (χ0v) is 15.6. The third-order valence-electron chi connectivity index (χ3n) is 7.48. The van der Waals surface area contributed by atoms with Crippen LogP contribution in [-0.2, 0) is 14.4 Å². The number of amides is 2. The maximum Gasteiger partial charge on any atom is 0.311 e. The van der Waals surface area contributed by atoms with Crippen molar-refractivity contribution in [3.05, 3.63) is 0 Å². The molecule has 1 saturated heterocycles. The normalized spacial score (nSPS) is 40.7. The second-order valence-corrected chi connectivity index (χ2v) is 9.80. The Kier molecular flexibility index (Phi) is 4.27. The maximum atomic E-state index is 12.5. The van der Waals surface area contributed by atoms with E-state index < -0.39 is 11.4 Å². The molecule has 0 aromatic rings. The van der Waals surface area contributed by atoms with Gasteiger partial charge >= 0.3 is 5.97 Å². The minimum Gasteiger partial charge on any atom is -0.481 e. The molecule has 0 spiro atoms. The molecule has 0 radical (unpaired) electrons. The van der Waals surface area contributed by atoms with Crippen LogP contribution in [0.3, 0.4) is 0 Å². The van der Waals surface area contributed by atoms with Crippen molar-refractivity contribution in [1.82, 2.24) is 10.2 Å². The maximum absolute atomic E-state index is 12.5. The van der Waals surface area contributed by atoms with Crippen LogP contribution in [0.1, 0.15) is 58.3 Å². The number of aliphatic carboxylic acids is 1. The van der Waals surface area contributed by atoms with Crippen molar-refractivity contribution in [2.75, 3.05) is 19.6 Å². The molecule has 1 unspecified atom stereocenters. The van der Waals surface area contributed by atoms with Crippen LogP contribution < -0.4 is 5.32 Å². The lowest BCUT2D eigenvalue weighted by Gasteiger charge is -2.56. The lowest BCUT2D eigenvalue weighted by molar-refractivity contribution is -0.147. The van der Waals surface area contributed by atoms with Gasteiger partial charge in [0.1, 0.15) is 0 Å². The van der Waals surface area contributed by atoms with E-state index in [4.69, 9.17) is 0 Å². The Morgan fingerprint density at radius 2 is 1.65 bits per heavy atom. The van der Waals surface area contributed by atoms with Crippen molar-refractivity contribution in [2.24, 2.45) is 28.6 Å². The lowest BCUT2D eigenvalue weighted by Crippen LogP contribution is -2.48. The number of carboxylic acids is 1. The van der Waals surface area contributed by atoms with Gasteiger partial charge in [-0.3, -0.25) is 14.4 Å². The second-order valence-electron chi connectivity index (χ2n) is 9.80. The summed E-state index contributed by atoms with van der Waals surface area (Å²) >= 11 is 0. The summed E-state index contributed by atoms with van der Waals surface area (Å²) in [6.07, 6.45) is 8.65. The third-order valence-corrected chi connectivity index (χ3v) is 7.48. The first kappa shape index (κ1) is 17.8. The van der Waals surface area contributed by atoms with Crippen LogP contribution in [0.25, 0.3) is 0 Å². The Balaban J connectivity index is 1.27. The van der Waals surface area contributed by atoms with Crippen molar-refractivity contribution >= 4 is 17.8 Å². The highest BCUT2D eigenvalue weighted by atomic mass is 16.4. The monoisotopic (exact) mass is 362 g/mol. The van der Waals surface area contributed by atoms with Gasteiger partial charge in [0.25, 0.3) is 0 Å². The average Bonchev–Trinajstić information content (AvgIpc) is 2.95. The molecule has 4 bridgehead atoms. The van der Waals surface area contributed by atoms with Crippen LogP contribution >= 0.6 is 0 Å². The van der Waals surface area contributed by atoms with Gasteiger partial charge in [0, 0.05) is 19.5 Å². The minimum absolute atomic E-state index is 0.0130. The first-order valence-corrected chi connectivity index (χ1v) is 10.0. The summed E-state index contributed by atoms with van der Waals surface area (Å²) in [4.78, 5) is 37.7. The van der Waals surface area contributed by atoms with E-state index in [1.165, 1.54) is 38.5 Å². The first-order valence-electron chi connectivity index (χ1n) is 10.0. The number of carboxylic acid groups (broad SMARTS) is 1. The predicted molar refractivity (Wildman–Crippen MR) is 95.2 cm³/mol. The van der Waals surface area contributed by atoms with E-state index in [1.54, 1.807) is 11.8 Å². The van der Waals surface area contributed by atoms with Crippen LogP contribution in [0.15, 0.2) is 0 Å². The van der Waals surface area contributed by atoms with Crippen LogP contribution in [-0.4, -0.2) is 47.4 Å². The molecular formula is C20H30N2O4. The fourth-order valence-corrected chi connectivity index (χ4v) is 6.54. The zero-order valence-electron chi connectivity index (χ0n) is 15.6. The van der Waals surface area contributed by atoms with Crippen LogP contribution in [0.4, 0.5) is 0 Å². The minimum atomic E-state index is -0.862. The SMILES string of the molecule is CC1(C(=O)O)CCN(C(=O)CNC(=O)CC23CC4CC(CC(C4)C2)C3)C1. The number of carbonyl (C=O) groups excluding carboxylic acids is 2. The highest BCUT2D eigenvalue weighted by Gasteiger charge is 2.51. The van der Waals surface area contributed by atoms with Crippen molar-refractivity contribution in [3.63, 3.8) is 0 Å². The number of rotatable bonds is 5. The molecule has 2 amide bonds. The molecule has 6 nitrogen and oxygen atoms in total. The highest BCUT2D eigenvalue weighted by molar-refractivity contribution is 5.86. The van der Waals surface area contributed by atoms with Gasteiger partial charge in [-0.15, -0.1) is 0 Å². The molecule has 5 fully saturated rings. The van der Waals surface area contributed by atoms with Gasteiger partial charge in [-0.25, -0.2) is 0 Å². The summed E-state index contributed by atoms with van der Waals surface area (Å²) < 4.78 is 0. The van der Waals surface area contributed by atoms with E-state index in [0.29, 0.717) is 19.4 Å². The topological polar surface area (TPSA) is 86.7 Å². The van der Waals surface area contributed by atoms with E-state index in [0.717, 1.165) is 17.8 Å². The number of hydrogen-bond acceptors (Lipinski definition) is 3. The van der Waals surface area contributed by atoms with Crippen molar-refractivity contribution in [3.8, 4) is 0 Å². The third kappa shape index (κ3) is 3.23. The molecule has 144 valence electrons. The average molecular weight is 362 g/mol. The summed E-state index contributed by atoms with van der Waals surface area (Å²) in [5.41, 5.74) is -0.684. The van der Waals surface area contributed by atoms with E-state index in [1.807, 2.05) is 0 Å². The summed E-state index contributed by atoms with van der Waals surface area (Å²) in [5.74, 6) is 1.39. The molecule has 1 heterocycles. The predicted octanol–water partition coefficient (Wildman–Crippen LogP) is 2.03. The first-order chi connectivity index (χ1) is 12.3. The number of carbonyl (C=O) groups is 3. The molecule has 1 atom stereocenters. The quantitative estimate of drug-likeness (QED) is 0.783. The van der Waals surface area contributed by atoms with Crippen molar-refractivity contribution in [2.45, 2.75) is 58.3 Å². The second kappa shape index (κ2) is 6.24. The van der Waals surface area contributed by atoms with Crippen molar-refractivity contribution in [1.29, 1.82) is 0 Å². The number of hydrogen-bond donors (Lipinski definition) is 2. The van der Waals surface area contributed by atoms with Crippen molar-refractivity contribution < 1.29 is 19.5 Å².